The van der Waals surface area contributed by atoms with E-state index in [1.165, 1.54) is 11.8 Å². The van der Waals surface area contributed by atoms with E-state index < -0.39 is 0 Å². The van der Waals surface area contributed by atoms with Gasteiger partial charge in [0.15, 0.2) is 5.16 Å². The van der Waals surface area contributed by atoms with E-state index in [1.807, 2.05) is 35.8 Å². The number of benzene rings is 1. The Labute approximate surface area is 133 Å². The van der Waals surface area contributed by atoms with Crippen LogP contribution in [0, 0.1) is 19.3 Å². The van der Waals surface area contributed by atoms with Crippen molar-refractivity contribution in [2.75, 3.05) is 19.4 Å². The van der Waals surface area contributed by atoms with Crippen LogP contribution in [0.5, 0.6) is 5.75 Å². The number of nitrogens with one attached hydrogen (secondary N) is 1. The Morgan fingerprint density at radius 3 is 2.77 bits per heavy atom. The van der Waals surface area contributed by atoms with Crippen molar-refractivity contribution >= 4 is 17.7 Å². The topological polar surface area (TPSA) is 69.0 Å². The first-order valence-electron chi connectivity index (χ1n) is 6.55. The fraction of sp³-hybridized carbons (Fsp3) is 0.267. The second kappa shape index (κ2) is 7.52. The van der Waals surface area contributed by atoms with Crippen LogP contribution in [0.15, 0.2) is 29.4 Å². The molecule has 1 amide bonds. The third-order valence-corrected chi connectivity index (χ3v) is 3.77. The molecule has 7 heteroatoms. The maximum Gasteiger partial charge on any atom is 0.231 e. The van der Waals surface area contributed by atoms with Gasteiger partial charge in [-0.1, -0.05) is 17.7 Å². The zero-order chi connectivity index (χ0) is 15.9. The summed E-state index contributed by atoms with van der Waals surface area (Å²) in [6.07, 6.45) is 5.10. The molecule has 0 atom stereocenters. The van der Waals surface area contributed by atoms with E-state index in [1.54, 1.807) is 7.11 Å². The number of thioether (sulfide) groups is 1. The summed E-state index contributed by atoms with van der Waals surface area (Å²) in [4.78, 5) is 11.6. The van der Waals surface area contributed by atoms with Crippen molar-refractivity contribution in [3.8, 4) is 23.8 Å². The number of ether oxygens (including phenoxy) is 1. The van der Waals surface area contributed by atoms with E-state index >= 15 is 0 Å². The Hall–Kier alpha value is -2.46. The van der Waals surface area contributed by atoms with Crippen LogP contribution in [0.1, 0.15) is 5.82 Å². The van der Waals surface area contributed by atoms with Gasteiger partial charge in [0.25, 0.3) is 0 Å². The van der Waals surface area contributed by atoms with Crippen LogP contribution in [0.3, 0.4) is 0 Å². The predicted octanol–water partition coefficient (Wildman–Crippen LogP) is 1.43. The van der Waals surface area contributed by atoms with Crippen molar-refractivity contribution < 1.29 is 9.53 Å². The molecule has 114 valence electrons. The third kappa shape index (κ3) is 3.80. The number of methoxy groups -OCH3 is 1. The number of amides is 1. The fourth-order valence-corrected chi connectivity index (χ4v) is 2.62. The van der Waals surface area contributed by atoms with Crippen LogP contribution in [-0.4, -0.2) is 40.1 Å². The quantitative estimate of drug-likeness (QED) is 0.645. The van der Waals surface area contributed by atoms with Crippen molar-refractivity contribution in [2.24, 2.45) is 0 Å². The second-order valence-electron chi connectivity index (χ2n) is 4.33. The predicted molar refractivity (Wildman–Crippen MR) is 85.2 cm³/mol. The number of rotatable bonds is 6. The van der Waals surface area contributed by atoms with E-state index in [0.717, 1.165) is 17.3 Å². The summed E-state index contributed by atoms with van der Waals surface area (Å²) in [7, 11) is 1.62. The highest BCUT2D eigenvalue weighted by Crippen LogP contribution is 2.23. The number of carbonyl (C=O) groups excluding carboxylic acids is 1. The molecule has 0 saturated heterocycles. The van der Waals surface area contributed by atoms with Gasteiger partial charge in [-0.3, -0.25) is 9.36 Å². The lowest BCUT2D eigenvalue weighted by molar-refractivity contribution is -0.118. The van der Waals surface area contributed by atoms with Gasteiger partial charge in [-0.2, -0.15) is 0 Å². The van der Waals surface area contributed by atoms with Crippen LogP contribution >= 0.6 is 11.8 Å². The molecule has 0 radical (unpaired) electrons. The summed E-state index contributed by atoms with van der Waals surface area (Å²) in [6.45, 7) is 2.09. The first kappa shape index (κ1) is 15.9. The molecule has 1 N–H and O–H groups in total. The summed E-state index contributed by atoms with van der Waals surface area (Å²) in [5.74, 6) is 3.98. The SMILES string of the molecule is C#CCNC(=O)CSc1nnc(C)n1-c1ccc(OC)cc1. The van der Waals surface area contributed by atoms with Crippen LogP contribution in [0.4, 0.5) is 0 Å². The fourth-order valence-electron chi connectivity index (χ4n) is 1.80. The molecule has 2 rings (SSSR count). The molecular formula is C15H16N4O2S. The Kier molecular flexibility index (Phi) is 5.44. The molecular weight excluding hydrogens is 300 g/mol. The van der Waals surface area contributed by atoms with Crippen LogP contribution in [-0.2, 0) is 4.79 Å². The molecule has 1 heterocycles. The van der Waals surface area contributed by atoms with Gasteiger partial charge in [0.05, 0.1) is 19.4 Å². The summed E-state index contributed by atoms with van der Waals surface area (Å²) in [5, 5.41) is 11.4. The lowest BCUT2D eigenvalue weighted by Gasteiger charge is -2.09. The van der Waals surface area contributed by atoms with E-state index in [9.17, 15) is 4.79 Å². The number of hydrogen-bond acceptors (Lipinski definition) is 5. The van der Waals surface area contributed by atoms with Crippen molar-refractivity contribution in [3.05, 3.63) is 30.1 Å². The molecule has 22 heavy (non-hydrogen) atoms. The molecule has 0 aliphatic rings. The van der Waals surface area contributed by atoms with Crippen molar-refractivity contribution in [1.29, 1.82) is 0 Å². The second-order valence-corrected chi connectivity index (χ2v) is 5.28. The molecule has 6 nitrogen and oxygen atoms in total. The van der Waals surface area contributed by atoms with Crippen LogP contribution in [0.25, 0.3) is 5.69 Å². The molecule has 0 spiro atoms. The van der Waals surface area contributed by atoms with E-state index in [0.29, 0.717) is 5.16 Å². The van der Waals surface area contributed by atoms with Crippen molar-refractivity contribution in [3.63, 3.8) is 0 Å². The molecule has 2 aromatic rings. The lowest BCUT2D eigenvalue weighted by Crippen LogP contribution is -2.25. The standard InChI is InChI=1S/C15H16N4O2S/c1-4-9-16-14(20)10-22-15-18-17-11(2)19(15)12-5-7-13(21-3)8-6-12/h1,5-8H,9-10H2,2-3H3,(H,16,20). The van der Waals surface area contributed by atoms with Gasteiger partial charge >= 0.3 is 0 Å². The van der Waals surface area contributed by atoms with Gasteiger partial charge in [-0.15, -0.1) is 16.6 Å². The number of aromatic nitrogens is 3. The highest BCUT2D eigenvalue weighted by atomic mass is 32.2. The normalized spacial score (nSPS) is 10.0. The number of hydrogen-bond donors (Lipinski definition) is 1. The van der Waals surface area contributed by atoms with Crippen LogP contribution < -0.4 is 10.1 Å². The Morgan fingerprint density at radius 1 is 1.41 bits per heavy atom. The maximum atomic E-state index is 11.6. The smallest absolute Gasteiger partial charge is 0.231 e. The summed E-state index contributed by atoms with van der Waals surface area (Å²) >= 11 is 1.31. The molecule has 0 unspecified atom stereocenters. The highest BCUT2D eigenvalue weighted by molar-refractivity contribution is 7.99. The highest BCUT2D eigenvalue weighted by Gasteiger charge is 2.13. The Balaban J connectivity index is 2.13. The summed E-state index contributed by atoms with van der Waals surface area (Å²) < 4.78 is 7.04. The van der Waals surface area contributed by atoms with Gasteiger partial charge in [-0.25, -0.2) is 0 Å². The minimum atomic E-state index is -0.134. The number of carbonyl (C=O) groups is 1. The lowest BCUT2D eigenvalue weighted by atomic mass is 10.3. The van der Waals surface area contributed by atoms with Gasteiger partial charge < -0.3 is 10.1 Å². The first-order chi connectivity index (χ1) is 10.7. The molecule has 1 aromatic carbocycles. The average Bonchev–Trinajstić information content (AvgIpc) is 2.91. The van der Waals surface area contributed by atoms with Crippen LogP contribution in [0.2, 0.25) is 0 Å². The zero-order valence-corrected chi connectivity index (χ0v) is 13.2. The van der Waals surface area contributed by atoms with Gasteiger partial charge in [0.1, 0.15) is 11.6 Å². The van der Waals surface area contributed by atoms with E-state index in [4.69, 9.17) is 11.2 Å². The summed E-state index contributed by atoms with van der Waals surface area (Å²) in [5.41, 5.74) is 0.912. The van der Waals surface area contributed by atoms with Gasteiger partial charge in [0, 0.05) is 5.69 Å². The monoisotopic (exact) mass is 316 g/mol. The maximum absolute atomic E-state index is 11.6. The zero-order valence-electron chi connectivity index (χ0n) is 12.4. The largest absolute Gasteiger partial charge is 0.497 e. The molecule has 0 aliphatic carbocycles. The molecule has 0 fully saturated rings. The molecule has 0 bridgehead atoms. The number of nitrogens with zero attached hydrogens (tertiary/aromatic N) is 3. The minimum absolute atomic E-state index is 0.134. The molecule has 0 aliphatic heterocycles. The van der Waals surface area contributed by atoms with E-state index in [2.05, 4.69) is 21.4 Å². The molecule has 0 saturated carbocycles. The average molecular weight is 316 g/mol. The summed E-state index contributed by atoms with van der Waals surface area (Å²) in [6, 6.07) is 7.56. The van der Waals surface area contributed by atoms with Crippen molar-refractivity contribution in [2.45, 2.75) is 12.1 Å². The minimum Gasteiger partial charge on any atom is -0.497 e. The number of terminal acetylenes is 1. The first-order valence-corrected chi connectivity index (χ1v) is 7.53. The third-order valence-electron chi connectivity index (χ3n) is 2.85. The van der Waals surface area contributed by atoms with Gasteiger partial charge in [-0.05, 0) is 31.2 Å². The molecule has 1 aromatic heterocycles. The number of aryl methyl sites for hydroxylation is 1. The van der Waals surface area contributed by atoms with Gasteiger partial charge in [0.2, 0.25) is 5.91 Å². The van der Waals surface area contributed by atoms with Crippen molar-refractivity contribution in [1.82, 2.24) is 20.1 Å². The Bertz CT molecular complexity index is 689. The van der Waals surface area contributed by atoms with E-state index in [-0.39, 0.29) is 18.2 Å². The Morgan fingerprint density at radius 2 is 2.14 bits per heavy atom.